The number of anilines is 1. The molecule has 2 aromatic carbocycles. The van der Waals surface area contributed by atoms with E-state index < -0.39 is 0 Å². The van der Waals surface area contributed by atoms with Crippen LogP contribution in [-0.2, 0) is 13.0 Å². The van der Waals surface area contributed by atoms with Crippen LogP contribution in [0, 0.1) is 11.7 Å². The van der Waals surface area contributed by atoms with Crippen LogP contribution in [0.15, 0.2) is 48.5 Å². The molecule has 1 amide bonds. The number of hydrogen-bond acceptors (Lipinski definition) is 5. The van der Waals surface area contributed by atoms with Gasteiger partial charge in [-0.2, -0.15) is 4.98 Å². The molecule has 1 fully saturated rings. The first-order valence-electron chi connectivity index (χ1n) is 11.6. The van der Waals surface area contributed by atoms with Crippen LogP contribution in [0.2, 0.25) is 5.02 Å². The summed E-state index contributed by atoms with van der Waals surface area (Å²) in [7, 11) is 0. The molecule has 5 rings (SSSR count). The van der Waals surface area contributed by atoms with Crippen LogP contribution < -0.4 is 9.64 Å². The van der Waals surface area contributed by atoms with Crippen molar-refractivity contribution in [3.63, 3.8) is 0 Å². The number of rotatable bonds is 4. The van der Waals surface area contributed by atoms with Gasteiger partial charge in [-0.3, -0.25) is 4.79 Å². The Labute approximate surface area is 203 Å². The molecule has 2 aliphatic heterocycles. The summed E-state index contributed by atoms with van der Waals surface area (Å²) in [6.07, 6.45) is 2.77. The van der Waals surface area contributed by atoms with Gasteiger partial charge in [-0.15, -0.1) is 0 Å². The number of ether oxygens (including phenoxy) is 1. The predicted octanol–water partition coefficient (Wildman–Crippen LogP) is 5.50. The van der Waals surface area contributed by atoms with Crippen molar-refractivity contribution in [2.45, 2.75) is 32.7 Å². The van der Waals surface area contributed by atoms with Gasteiger partial charge >= 0.3 is 0 Å². The minimum Gasteiger partial charge on any atom is -0.438 e. The minimum absolute atomic E-state index is 0.141. The monoisotopic (exact) mass is 480 g/mol. The van der Waals surface area contributed by atoms with Gasteiger partial charge in [0.1, 0.15) is 11.6 Å². The lowest BCUT2D eigenvalue weighted by Crippen LogP contribution is -2.38. The van der Waals surface area contributed by atoms with Crippen molar-refractivity contribution in [3.8, 4) is 11.6 Å². The Morgan fingerprint density at radius 2 is 1.79 bits per heavy atom. The molecule has 0 radical (unpaired) electrons. The molecular formula is C26H26ClFN4O2. The van der Waals surface area contributed by atoms with Gasteiger partial charge < -0.3 is 14.5 Å². The predicted molar refractivity (Wildman–Crippen MR) is 129 cm³/mol. The molecule has 0 bridgehead atoms. The van der Waals surface area contributed by atoms with Crippen molar-refractivity contribution in [2.75, 3.05) is 24.5 Å². The van der Waals surface area contributed by atoms with Crippen molar-refractivity contribution in [2.24, 2.45) is 5.92 Å². The van der Waals surface area contributed by atoms with E-state index in [1.54, 1.807) is 41.3 Å². The van der Waals surface area contributed by atoms with Crippen LogP contribution in [0.4, 0.5) is 10.3 Å². The van der Waals surface area contributed by atoms with Crippen LogP contribution in [0.25, 0.3) is 0 Å². The fraction of sp³-hybridized carbons (Fsp3) is 0.346. The van der Waals surface area contributed by atoms with E-state index >= 15 is 0 Å². The largest absolute Gasteiger partial charge is 0.438 e. The second-order valence-electron chi connectivity index (χ2n) is 8.94. The van der Waals surface area contributed by atoms with E-state index in [1.807, 2.05) is 0 Å². The molecule has 0 N–H and O–H groups in total. The fourth-order valence-corrected chi connectivity index (χ4v) is 4.61. The SMILES string of the molecule is CC1CCN(c2nc3c(c(Oc4ccc(F)cc4)n2)CN(C(=O)c2ccccc2Cl)CC3)CC1. The highest BCUT2D eigenvalue weighted by Gasteiger charge is 2.29. The van der Waals surface area contributed by atoms with E-state index in [0.717, 1.165) is 37.2 Å². The van der Waals surface area contributed by atoms with Gasteiger partial charge in [0.2, 0.25) is 11.8 Å². The molecule has 1 saturated heterocycles. The van der Waals surface area contributed by atoms with Gasteiger partial charge in [0.25, 0.3) is 5.91 Å². The van der Waals surface area contributed by atoms with Gasteiger partial charge in [0, 0.05) is 26.1 Å². The molecular weight excluding hydrogens is 455 g/mol. The Morgan fingerprint density at radius 3 is 2.53 bits per heavy atom. The summed E-state index contributed by atoms with van der Waals surface area (Å²) in [6, 6.07) is 12.9. The molecule has 2 aliphatic rings. The van der Waals surface area contributed by atoms with Gasteiger partial charge in [-0.05, 0) is 55.2 Å². The van der Waals surface area contributed by atoms with E-state index in [1.165, 1.54) is 12.1 Å². The lowest BCUT2D eigenvalue weighted by molar-refractivity contribution is 0.0732. The summed E-state index contributed by atoms with van der Waals surface area (Å²) in [4.78, 5) is 26.8. The third kappa shape index (κ3) is 4.71. The fourth-order valence-electron chi connectivity index (χ4n) is 4.40. The number of aromatic nitrogens is 2. The van der Waals surface area contributed by atoms with Crippen molar-refractivity contribution >= 4 is 23.5 Å². The normalized spacial score (nSPS) is 16.3. The number of amides is 1. The Morgan fingerprint density at radius 1 is 1.06 bits per heavy atom. The smallest absolute Gasteiger partial charge is 0.255 e. The number of carbonyl (C=O) groups is 1. The van der Waals surface area contributed by atoms with E-state index in [0.29, 0.717) is 53.6 Å². The molecule has 0 unspecified atom stereocenters. The topological polar surface area (TPSA) is 58.6 Å². The average molecular weight is 481 g/mol. The first-order chi connectivity index (χ1) is 16.5. The Balaban J connectivity index is 1.48. The van der Waals surface area contributed by atoms with Crippen LogP contribution in [0.5, 0.6) is 11.6 Å². The lowest BCUT2D eigenvalue weighted by Gasteiger charge is -2.33. The van der Waals surface area contributed by atoms with Gasteiger partial charge in [-0.1, -0.05) is 30.7 Å². The third-order valence-electron chi connectivity index (χ3n) is 6.50. The summed E-state index contributed by atoms with van der Waals surface area (Å²) in [5.74, 6) is 1.74. The number of benzene rings is 2. The van der Waals surface area contributed by atoms with E-state index in [2.05, 4.69) is 11.8 Å². The molecule has 3 heterocycles. The first kappa shape index (κ1) is 22.6. The molecule has 0 spiro atoms. The first-order valence-corrected chi connectivity index (χ1v) is 12.0. The molecule has 0 atom stereocenters. The molecule has 1 aromatic heterocycles. The van der Waals surface area contributed by atoms with Gasteiger partial charge in [-0.25, -0.2) is 9.37 Å². The molecule has 0 saturated carbocycles. The summed E-state index contributed by atoms with van der Waals surface area (Å²) in [5, 5.41) is 0.423. The second kappa shape index (κ2) is 9.58. The third-order valence-corrected chi connectivity index (χ3v) is 6.83. The van der Waals surface area contributed by atoms with Crippen LogP contribution >= 0.6 is 11.6 Å². The van der Waals surface area contributed by atoms with E-state index in [9.17, 15) is 9.18 Å². The van der Waals surface area contributed by atoms with E-state index in [-0.39, 0.29) is 11.7 Å². The summed E-state index contributed by atoms with van der Waals surface area (Å²) in [6.45, 7) is 4.90. The highest BCUT2D eigenvalue weighted by molar-refractivity contribution is 6.33. The molecule has 0 aliphatic carbocycles. The number of carbonyl (C=O) groups excluding carboxylic acids is 1. The highest BCUT2D eigenvalue weighted by atomic mass is 35.5. The zero-order valence-electron chi connectivity index (χ0n) is 19.0. The lowest BCUT2D eigenvalue weighted by atomic mass is 9.99. The van der Waals surface area contributed by atoms with Crippen LogP contribution in [0.3, 0.4) is 0 Å². The molecule has 34 heavy (non-hydrogen) atoms. The average Bonchev–Trinajstić information content (AvgIpc) is 2.85. The van der Waals surface area contributed by atoms with Crippen molar-refractivity contribution in [3.05, 3.63) is 76.2 Å². The maximum absolute atomic E-state index is 13.4. The van der Waals surface area contributed by atoms with Crippen LogP contribution in [-0.4, -0.2) is 40.4 Å². The number of nitrogens with zero attached hydrogens (tertiary/aromatic N) is 4. The standard InChI is InChI=1S/C26H26ClFN4O2/c1-17-10-13-31(14-11-17)26-29-23-12-15-32(25(33)20-4-2-3-5-22(20)27)16-21(23)24(30-26)34-19-8-6-18(28)7-9-19/h2-9,17H,10-16H2,1H3. The molecule has 3 aromatic rings. The van der Waals surface area contributed by atoms with Crippen molar-refractivity contribution in [1.29, 1.82) is 0 Å². The minimum atomic E-state index is -0.336. The Bertz CT molecular complexity index is 1200. The maximum atomic E-state index is 13.4. The van der Waals surface area contributed by atoms with Crippen molar-refractivity contribution in [1.82, 2.24) is 14.9 Å². The quantitative estimate of drug-likeness (QED) is 0.493. The van der Waals surface area contributed by atoms with E-state index in [4.69, 9.17) is 26.3 Å². The summed E-state index contributed by atoms with van der Waals surface area (Å²) in [5.41, 5.74) is 2.11. The van der Waals surface area contributed by atoms with Gasteiger partial charge in [0.05, 0.1) is 28.4 Å². The molecule has 8 heteroatoms. The number of piperidine rings is 1. The zero-order valence-corrected chi connectivity index (χ0v) is 19.8. The van der Waals surface area contributed by atoms with Gasteiger partial charge in [0.15, 0.2) is 0 Å². The zero-order chi connectivity index (χ0) is 23.7. The number of fused-ring (bicyclic) bond motifs is 1. The maximum Gasteiger partial charge on any atom is 0.255 e. The number of hydrogen-bond donors (Lipinski definition) is 0. The molecule has 176 valence electrons. The second-order valence-corrected chi connectivity index (χ2v) is 9.34. The summed E-state index contributed by atoms with van der Waals surface area (Å²) >= 11 is 6.27. The molecule has 6 nitrogen and oxygen atoms in total. The van der Waals surface area contributed by atoms with Crippen LogP contribution in [0.1, 0.15) is 41.4 Å². The Hall–Kier alpha value is -3.19. The highest BCUT2D eigenvalue weighted by Crippen LogP contribution is 2.33. The van der Waals surface area contributed by atoms with Crippen molar-refractivity contribution < 1.29 is 13.9 Å². The number of halogens is 2. The Kier molecular flexibility index (Phi) is 6.37. The summed E-state index contributed by atoms with van der Waals surface area (Å²) < 4.78 is 19.6.